The Morgan fingerprint density at radius 2 is 1.94 bits per heavy atom. The summed E-state index contributed by atoms with van der Waals surface area (Å²) in [6.07, 6.45) is 1.46. The second kappa shape index (κ2) is 11.1. The van der Waals surface area contributed by atoms with Crippen LogP contribution in [0.4, 0.5) is 5.69 Å². The van der Waals surface area contributed by atoms with Crippen molar-refractivity contribution in [3.05, 3.63) is 53.6 Å². The summed E-state index contributed by atoms with van der Waals surface area (Å²) in [5.41, 5.74) is 8.12. The maximum atomic E-state index is 12.6. The molecule has 3 unspecified atom stereocenters. The Balaban J connectivity index is 1.74. The van der Waals surface area contributed by atoms with Crippen LogP contribution in [0.5, 0.6) is 11.5 Å². The normalized spacial score (nSPS) is 19.7. The number of nitrogens with two attached hydrogens (primary N) is 1. The van der Waals surface area contributed by atoms with Crippen molar-refractivity contribution in [1.29, 1.82) is 0 Å². The van der Waals surface area contributed by atoms with Gasteiger partial charge in [-0.3, -0.25) is 4.79 Å². The first kappa shape index (κ1) is 25.2. The van der Waals surface area contributed by atoms with E-state index >= 15 is 0 Å². The van der Waals surface area contributed by atoms with E-state index in [1.807, 2.05) is 62.6 Å². The molecule has 1 heterocycles. The fourth-order valence-electron chi connectivity index (χ4n) is 3.81. The third-order valence-corrected chi connectivity index (χ3v) is 6.39. The van der Waals surface area contributed by atoms with Crippen molar-refractivity contribution in [2.45, 2.75) is 50.7 Å². The van der Waals surface area contributed by atoms with Crippen molar-refractivity contribution in [2.24, 2.45) is 5.73 Å². The summed E-state index contributed by atoms with van der Waals surface area (Å²) < 4.78 is 23.1. The van der Waals surface area contributed by atoms with E-state index in [9.17, 15) is 4.79 Å². The number of carbonyl (C=O) groups is 1. The van der Waals surface area contributed by atoms with Gasteiger partial charge in [-0.1, -0.05) is 18.2 Å². The van der Waals surface area contributed by atoms with Gasteiger partial charge in [-0.05, 0) is 56.0 Å². The Hall–Kier alpha value is -2.42. The molecule has 0 amide bonds. The monoisotopic (exact) mass is 474 g/mol. The van der Waals surface area contributed by atoms with Gasteiger partial charge in [0.1, 0.15) is 29.2 Å². The smallest absolute Gasteiger partial charge is 0.323 e. The van der Waals surface area contributed by atoms with Crippen molar-refractivity contribution >= 4 is 23.4 Å². The molecule has 3 N–H and O–H groups in total. The van der Waals surface area contributed by atoms with Crippen LogP contribution < -0.4 is 20.5 Å². The van der Waals surface area contributed by atoms with Crippen LogP contribution in [0.15, 0.2) is 42.5 Å². The highest BCUT2D eigenvalue weighted by molar-refractivity contribution is 7.98. The van der Waals surface area contributed by atoms with Crippen LogP contribution in [0.25, 0.3) is 0 Å². The van der Waals surface area contributed by atoms with Gasteiger partial charge in [0.25, 0.3) is 0 Å². The van der Waals surface area contributed by atoms with Gasteiger partial charge in [-0.2, -0.15) is 11.8 Å². The summed E-state index contributed by atoms with van der Waals surface area (Å²) in [5.74, 6) is 1.89. The molecular weight excluding hydrogens is 440 g/mol. The number of thioether (sulfide) groups is 1. The summed E-state index contributed by atoms with van der Waals surface area (Å²) in [6.45, 7) is 4.45. The maximum Gasteiger partial charge on any atom is 0.323 e. The first-order valence-electron chi connectivity index (χ1n) is 11.0. The van der Waals surface area contributed by atoms with Crippen molar-refractivity contribution in [1.82, 2.24) is 0 Å². The number of rotatable bonds is 10. The predicted octanol–water partition coefficient (Wildman–Crippen LogP) is 4.16. The molecular formula is C25H34N2O5S. The molecule has 2 aromatic rings. The predicted molar refractivity (Wildman–Crippen MR) is 132 cm³/mol. The van der Waals surface area contributed by atoms with E-state index in [2.05, 4.69) is 5.32 Å². The molecule has 0 radical (unpaired) electrons. The minimum absolute atomic E-state index is 0.436. The highest BCUT2D eigenvalue weighted by Crippen LogP contribution is 2.44. The minimum atomic E-state index is -0.794. The van der Waals surface area contributed by atoms with E-state index in [1.165, 1.54) is 0 Å². The van der Waals surface area contributed by atoms with Crippen LogP contribution in [0.1, 0.15) is 37.5 Å². The molecule has 0 spiro atoms. The second-order valence-electron chi connectivity index (χ2n) is 8.56. The summed E-state index contributed by atoms with van der Waals surface area (Å²) in [4.78, 5) is 12.6. The third-order valence-electron chi connectivity index (χ3n) is 5.74. The van der Waals surface area contributed by atoms with Crippen molar-refractivity contribution < 1.29 is 23.7 Å². The molecule has 8 heteroatoms. The number of carbonyl (C=O) groups excluding carboxylic acids is 1. The maximum absolute atomic E-state index is 12.6. The van der Waals surface area contributed by atoms with Crippen LogP contribution >= 0.6 is 11.8 Å². The van der Waals surface area contributed by atoms with Crippen LogP contribution in [0.2, 0.25) is 0 Å². The van der Waals surface area contributed by atoms with E-state index in [1.54, 1.807) is 26.0 Å². The van der Waals surface area contributed by atoms with Gasteiger partial charge in [0.15, 0.2) is 6.10 Å². The Bertz CT molecular complexity index is 935. The molecule has 3 rings (SSSR count). The van der Waals surface area contributed by atoms with E-state index in [0.29, 0.717) is 18.7 Å². The van der Waals surface area contributed by atoms with Crippen molar-refractivity contribution in [2.75, 3.05) is 31.5 Å². The Morgan fingerprint density at radius 1 is 1.21 bits per heavy atom. The van der Waals surface area contributed by atoms with Gasteiger partial charge in [0, 0.05) is 31.0 Å². The summed E-state index contributed by atoms with van der Waals surface area (Å²) in [5, 5.41) is 3.42. The Labute approximate surface area is 200 Å². The second-order valence-corrected chi connectivity index (χ2v) is 9.55. The standard InChI is InChI=1S/C25H34N2O5S/c1-25(2)23(31-24(28)20(26)12-13-33-5)22(30-4)19-11-8-17(14-21(19)32-25)27-15-16-6-9-18(29-3)10-7-16/h6-11,14,20,22-23,27H,12-13,15,26H2,1-5H3. The first-order valence-corrected chi connectivity index (χ1v) is 12.4. The summed E-state index contributed by atoms with van der Waals surface area (Å²) in [7, 11) is 3.26. The molecule has 7 nitrogen and oxygen atoms in total. The number of benzene rings is 2. The molecule has 1 aliphatic rings. The lowest BCUT2D eigenvalue weighted by molar-refractivity contribution is -0.182. The molecule has 0 bridgehead atoms. The van der Waals surface area contributed by atoms with Gasteiger partial charge in [-0.15, -0.1) is 0 Å². The Kier molecular flexibility index (Phi) is 8.51. The van der Waals surface area contributed by atoms with Crippen LogP contribution in [-0.2, 0) is 20.8 Å². The molecule has 0 fully saturated rings. The average molecular weight is 475 g/mol. The van der Waals surface area contributed by atoms with Crippen molar-refractivity contribution in [3.63, 3.8) is 0 Å². The van der Waals surface area contributed by atoms with Gasteiger partial charge in [-0.25, -0.2) is 0 Å². The van der Waals surface area contributed by atoms with Crippen molar-refractivity contribution in [3.8, 4) is 11.5 Å². The van der Waals surface area contributed by atoms with Crippen LogP contribution in [0.3, 0.4) is 0 Å². The number of methoxy groups -OCH3 is 2. The molecule has 3 atom stereocenters. The minimum Gasteiger partial charge on any atom is -0.497 e. The largest absolute Gasteiger partial charge is 0.497 e. The zero-order valence-corrected chi connectivity index (χ0v) is 20.7. The van der Waals surface area contributed by atoms with Crippen LogP contribution in [0, 0.1) is 0 Å². The quantitative estimate of drug-likeness (QED) is 0.496. The van der Waals surface area contributed by atoms with Gasteiger partial charge < -0.3 is 30.0 Å². The lowest BCUT2D eigenvalue weighted by atomic mass is 9.88. The zero-order valence-electron chi connectivity index (χ0n) is 19.9. The number of hydrogen-bond donors (Lipinski definition) is 2. The number of hydrogen-bond acceptors (Lipinski definition) is 8. The Morgan fingerprint density at radius 3 is 2.58 bits per heavy atom. The van der Waals surface area contributed by atoms with Gasteiger partial charge in [0.05, 0.1) is 7.11 Å². The first-order chi connectivity index (χ1) is 15.8. The van der Waals surface area contributed by atoms with Crippen LogP contribution in [-0.4, -0.2) is 49.9 Å². The van der Waals surface area contributed by atoms with E-state index in [0.717, 1.165) is 28.3 Å². The lowest BCUT2D eigenvalue weighted by Crippen LogP contribution is -2.53. The molecule has 2 aromatic carbocycles. The third kappa shape index (κ3) is 6.13. The van der Waals surface area contributed by atoms with E-state index in [4.69, 9.17) is 24.7 Å². The summed E-state index contributed by atoms with van der Waals surface area (Å²) >= 11 is 1.65. The molecule has 0 aromatic heterocycles. The molecule has 0 saturated carbocycles. The zero-order chi connectivity index (χ0) is 24.0. The SMILES string of the molecule is COc1ccc(CNc2ccc3c(c2)OC(C)(C)C(OC(=O)C(N)CCSC)C3OC)cc1. The highest BCUT2D eigenvalue weighted by atomic mass is 32.2. The molecule has 0 saturated heterocycles. The van der Waals surface area contributed by atoms with Gasteiger partial charge >= 0.3 is 5.97 Å². The molecule has 180 valence electrons. The molecule has 1 aliphatic heterocycles. The van der Waals surface area contributed by atoms with Gasteiger partial charge in [0.2, 0.25) is 0 Å². The number of ether oxygens (including phenoxy) is 4. The topological polar surface area (TPSA) is 92.0 Å². The highest BCUT2D eigenvalue weighted by Gasteiger charge is 2.47. The number of fused-ring (bicyclic) bond motifs is 1. The average Bonchev–Trinajstić information content (AvgIpc) is 2.81. The fourth-order valence-corrected chi connectivity index (χ4v) is 4.30. The number of nitrogens with one attached hydrogen (secondary N) is 1. The number of anilines is 1. The summed E-state index contributed by atoms with van der Waals surface area (Å²) in [6, 6.07) is 13.1. The molecule has 33 heavy (non-hydrogen) atoms. The van der Waals surface area contributed by atoms with E-state index in [-0.39, 0.29) is 0 Å². The lowest BCUT2D eigenvalue weighted by Gasteiger charge is -2.43. The molecule has 0 aliphatic carbocycles. The fraction of sp³-hybridized carbons (Fsp3) is 0.480. The number of esters is 1. The van der Waals surface area contributed by atoms with E-state index < -0.39 is 29.8 Å².